The Bertz CT molecular complexity index is 659. The third kappa shape index (κ3) is 2.46. The van der Waals surface area contributed by atoms with Gasteiger partial charge in [-0.25, -0.2) is 0 Å². The number of aliphatic hydroxyl groups excluding tert-OH is 1. The molecule has 2 heteroatoms. The van der Waals surface area contributed by atoms with Crippen molar-refractivity contribution < 1.29 is 5.11 Å². The van der Waals surface area contributed by atoms with Crippen LogP contribution < -0.4 is 0 Å². The third-order valence-electron chi connectivity index (χ3n) is 4.56. The van der Waals surface area contributed by atoms with E-state index in [4.69, 9.17) is 0 Å². The molecule has 2 nitrogen and oxygen atoms in total. The molecule has 0 aromatic heterocycles. The van der Waals surface area contributed by atoms with Gasteiger partial charge in [0.15, 0.2) is 0 Å². The predicted molar refractivity (Wildman–Crippen MR) is 82.8 cm³/mol. The summed E-state index contributed by atoms with van der Waals surface area (Å²) < 4.78 is 0. The molecule has 0 fully saturated rings. The van der Waals surface area contributed by atoms with Crippen LogP contribution in [0.4, 0.5) is 0 Å². The Labute approximate surface area is 125 Å². The van der Waals surface area contributed by atoms with Gasteiger partial charge in [0.2, 0.25) is 0 Å². The lowest BCUT2D eigenvalue weighted by molar-refractivity contribution is 0.0994. The van der Waals surface area contributed by atoms with E-state index in [1.165, 1.54) is 5.56 Å². The van der Waals surface area contributed by atoms with E-state index >= 15 is 0 Å². The topological polar surface area (TPSA) is 44.0 Å². The molecular formula is C19H19NO. The molecule has 106 valence electrons. The molecule has 0 saturated carbocycles. The van der Waals surface area contributed by atoms with E-state index in [-0.39, 0.29) is 0 Å². The number of hydrogen-bond acceptors (Lipinski definition) is 2. The van der Waals surface area contributed by atoms with E-state index in [0.717, 1.165) is 30.4 Å². The van der Waals surface area contributed by atoms with Gasteiger partial charge in [0.1, 0.15) is 5.41 Å². The molecule has 0 bridgehead atoms. The highest BCUT2D eigenvalue weighted by atomic mass is 16.3. The second-order valence-corrected chi connectivity index (χ2v) is 5.80. The van der Waals surface area contributed by atoms with E-state index in [2.05, 4.69) is 12.1 Å². The Balaban J connectivity index is 1.96. The zero-order valence-corrected chi connectivity index (χ0v) is 12.0. The number of rotatable bonds is 3. The van der Waals surface area contributed by atoms with Crippen LogP contribution in [0.1, 0.15) is 29.5 Å². The van der Waals surface area contributed by atoms with Gasteiger partial charge in [0, 0.05) is 6.42 Å². The van der Waals surface area contributed by atoms with Gasteiger partial charge in [-0.05, 0) is 36.0 Å². The first-order valence-electron chi connectivity index (χ1n) is 7.48. The van der Waals surface area contributed by atoms with E-state index < -0.39 is 11.5 Å². The van der Waals surface area contributed by atoms with Crippen LogP contribution in [0.3, 0.4) is 0 Å². The van der Waals surface area contributed by atoms with Gasteiger partial charge in [-0.1, -0.05) is 54.6 Å². The number of aliphatic hydroxyl groups is 1. The first-order chi connectivity index (χ1) is 10.3. The molecule has 2 atom stereocenters. The second kappa shape index (κ2) is 5.71. The van der Waals surface area contributed by atoms with Crippen molar-refractivity contribution in [3.8, 4) is 6.07 Å². The molecule has 0 saturated heterocycles. The highest BCUT2D eigenvalue weighted by Crippen LogP contribution is 2.40. The van der Waals surface area contributed by atoms with Crippen molar-refractivity contribution >= 4 is 0 Å². The standard InChI is InChI=1S/C19H19NO/c20-14-19(18(21)13-15-7-2-1-3-8-15)12-6-10-16-9-4-5-11-17(16)19/h1-5,7-9,11,18,21H,6,10,12-13H2. The van der Waals surface area contributed by atoms with Crippen molar-refractivity contribution in [1.29, 1.82) is 5.26 Å². The Morgan fingerprint density at radius 1 is 1.10 bits per heavy atom. The van der Waals surface area contributed by atoms with Gasteiger partial charge < -0.3 is 5.11 Å². The van der Waals surface area contributed by atoms with Crippen molar-refractivity contribution in [1.82, 2.24) is 0 Å². The van der Waals surface area contributed by atoms with Crippen LogP contribution in [0.2, 0.25) is 0 Å². The molecule has 1 aliphatic rings. The number of nitrogens with zero attached hydrogens (tertiary/aromatic N) is 1. The zero-order valence-electron chi connectivity index (χ0n) is 12.0. The first-order valence-corrected chi connectivity index (χ1v) is 7.48. The molecule has 3 rings (SSSR count). The molecule has 1 aliphatic carbocycles. The highest BCUT2D eigenvalue weighted by molar-refractivity contribution is 5.43. The summed E-state index contributed by atoms with van der Waals surface area (Å²) in [6.45, 7) is 0. The molecule has 21 heavy (non-hydrogen) atoms. The van der Waals surface area contributed by atoms with Crippen LogP contribution in [-0.4, -0.2) is 11.2 Å². The van der Waals surface area contributed by atoms with Gasteiger partial charge in [0.25, 0.3) is 0 Å². The van der Waals surface area contributed by atoms with E-state index in [1.807, 2.05) is 48.5 Å². The summed E-state index contributed by atoms with van der Waals surface area (Å²) in [7, 11) is 0. The van der Waals surface area contributed by atoms with E-state index in [9.17, 15) is 10.4 Å². The van der Waals surface area contributed by atoms with Crippen LogP contribution in [0, 0.1) is 11.3 Å². The number of benzene rings is 2. The van der Waals surface area contributed by atoms with Crippen LogP contribution in [0.15, 0.2) is 54.6 Å². The highest BCUT2D eigenvalue weighted by Gasteiger charge is 2.42. The minimum Gasteiger partial charge on any atom is -0.391 e. The molecule has 0 aliphatic heterocycles. The van der Waals surface area contributed by atoms with Crippen molar-refractivity contribution in [2.45, 2.75) is 37.2 Å². The third-order valence-corrected chi connectivity index (χ3v) is 4.56. The molecule has 2 aromatic rings. The number of nitriles is 1. The Kier molecular flexibility index (Phi) is 3.77. The van der Waals surface area contributed by atoms with Gasteiger partial charge in [-0.3, -0.25) is 0 Å². The molecule has 0 radical (unpaired) electrons. The smallest absolute Gasteiger partial charge is 0.109 e. The lowest BCUT2D eigenvalue weighted by Gasteiger charge is -2.37. The minimum absolute atomic E-state index is 0.517. The van der Waals surface area contributed by atoms with Crippen molar-refractivity contribution in [2.75, 3.05) is 0 Å². The predicted octanol–water partition coefficient (Wildman–Crippen LogP) is 3.39. The van der Waals surface area contributed by atoms with Crippen molar-refractivity contribution in [2.24, 2.45) is 0 Å². The van der Waals surface area contributed by atoms with Crippen LogP contribution >= 0.6 is 0 Å². The molecule has 2 unspecified atom stereocenters. The summed E-state index contributed by atoms with van der Waals surface area (Å²) in [5.74, 6) is 0. The van der Waals surface area contributed by atoms with Crippen molar-refractivity contribution in [3.63, 3.8) is 0 Å². The fourth-order valence-electron chi connectivity index (χ4n) is 3.41. The van der Waals surface area contributed by atoms with Crippen molar-refractivity contribution in [3.05, 3.63) is 71.3 Å². The maximum absolute atomic E-state index is 10.8. The molecular weight excluding hydrogens is 258 g/mol. The molecule has 0 heterocycles. The largest absolute Gasteiger partial charge is 0.391 e. The Morgan fingerprint density at radius 2 is 1.81 bits per heavy atom. The van der Waals surface area contributed by atoms with Gasteiger partial charge in [-0.2, -0.15) is 5.26 Å². The fraction of sp³-hybridized carbons (Fsp3) is 0.316. The van der Waals surface area contributed by atoms with E-state index in [0.29, 0.717) is 6.42 Å². The SMILES string of the molecule is N#CC1(C(O)Cc2ccccc2)CCCc2ccccc21. The lowest BCUT2D eigenvalue weighted by Crippen LogP contribution is -2.42. The summed E-state index contributed by atoms with van der Waals surface area (Å²) in [6.07, 6.45) is 2.53. The lowest BCUT2D eigenvalue weighted by atomic mass is 9.66. The second-order valence-electron chi connectivity index (χ2n) is 5.80. The van der Waals surface area contributed by atoms with Crippen LogP contribution in [-0.2, 0) is 18.3 Å². The Morgan fingerprint density at radius 3 is 2.57 bits per heavy atom. The number of aryl methyl sites for hydroxylation is 1. The normalized spacial score (nSPS) is 22.1. The summed E-state index contributed by atoms with van der Waals surface area (Å²) in [5, 5.41) is 20.6. The van der Waals surface area contributed by atoms with Gasteiger partial charge >= 0.3 is 0 Å². The first kappa shape index (κ1) is 13.9. The zero-order chi connectivity index (χ0) is 14.7. The number of fused-ring (bicyclic) bond motifs is 1. The van der Waals surface area contributed by atoms with Crippen LogP contribution in [0.25, 0.3) is 0 Å². The number of hydrogen-bond donors (Lipinski definition) is 1. The maximum atomic E-state index is 10.8. The summed E-state index contributed by atoms with van der Waals surface area (Å²) in [4.78, 5) is 0. The molecule has 2 aromatic carbocycles. The molecule has 0 amide bonds. The van der Waals surface area contributed by atoms with E-state index in [1.54, 1.807) is 0 Å². The maximum Gasteiger partial charge on any atom is 0.109 e. The average molecular weight is 277 g/mol. The average Bonchev–Trinajstić information content (AvgIpc) is 2.55. The van der Waals surface area contributed by atoms with Gasteiger partial charge in [-0.15, -0.1) is 0 Å². The summed E-state index contributed by atoms with van der Waals surface area (Å²) in [5.41, 5.74) is 2.52. The minimum atomic E-state index is -0.773. The Hall–Kier alpha value is -2.11. The van der Waals surface area contributed by atoms with Crippen LogP contribution in [0.5, 0.6) is 0 Å². The summed E-state index contributed by atoms with van der Waals surface area (Å²) >= 11 is 0. The quantitative estimate of drug-likeness (QED) is 0.934. The fourth-order valence-corrected chi connectivity index (χ4v) is 3.41. The van der Waals surface area contributed by atoms with Gasteiger partial charge in [0.05, 0.1) is 12.2 Å². The summed E-state index contributed by atoms with van der Waals surface area (Å²) in [6, 6.07) is 20.4. The molecule has 1 N–H and O–H groups in total. The molecule has 0 spiro atoms. The monoisotopic (exact) mass is 277 g/mol.